The molecule has 0 aliphatic carbocycles. The van der Waals surface area contributed by atoms with Crippen molar-refractivity contribution in [1.82, 2.24) is 4.57 Å². The van der Waals surface area contributed by atoms with Gasteiger partial charge in [-0.25, -0.2) is 0 Å². The summed E-state index contributed by atoms with van der Waals surface area (Å²) in [6.07, 6.45) is 2.14. The standard InChI is InChI=1S/C14H17N3O2/c1-3-4-9-12(18)15-16-13-10-7-5-6-8-11(10)17(2)14(13)19/h5-8,19H,3-4,9H2,1-2H3. The van der Waals surface area contributed by atoms with Crippen LogP contribution in [0.1, 0.15) is 26.2 Å². The fourth-order valence-corrected chi connectivity index (χ4v) is 1.94. The van der Waals surface area contributed by atoms with E-state index in [1.54, 1.807) is 11.6 Å². The van der Waals surface area contributed by atoms with Gasteiger partial charge in [0, 0.05) is 18.9 Å². The average molecular weight is 259 g/mol. The lowest BCUT2D eigenvalue weighted by Crippen LogP contribution is -1.90. The zero-order chi connectivity index (χ0) is 13.8. The third-order valence-corrected chi connectivity index (χ3v) is 3.06. The quantitative estimate of drug-likeness (QED) is 0.851. The van der Waals surface area contributed by atoms with Crippen molar-refractivity contribution in [2.24, 2.45) is 17.3 Å². The highest BCUT2D eigenvalue weighted by atomic mass is 16.3. The number of fused-ring (bicyclic) bond motifs is 1. The van der Waals surface area contributed by atoms with Gasteiger partial charge in [0.2, 0.25) is 5.88 Å². The number of rotatable bonds is 4. The molecule has 0 saturated carbocycles. The Morgan fingerprint density at radius 3 is 2.84 bits per heavy atom. The van der Waals surface area contributed by atoms with Gasteiger partial charge in [0.1, 0.15) is 0 Å². The van der Waals surface area contributed by atoms with E-state index in [2.05, 4.69) is 10.2 Å². The number of azo groups is 1. The summed E-state index contributed by atoms with van der Waals surface area (Å²) >= 11 is 0. The number of nitrogens with zero attached hydrogens (tertiary/aromatic N) is 3. The van der Waals surface area contributed by atoms with E-state index in [9.17, 15) is 9.90 Å². The summed E-state index contributed by atoms with van der Waals surface area (Å²) in [5.74, 6) is -0.234. The highest BCUT2D eigenvalue weighted by molar-refractivity contribution is 5.95. The molecule has 0 saturated heterocycles. The Kier molecular flexibility index (Phi) is 3.94. The number of hydrogen-bond donors (Lipinski definition) is 1. The zero-order valence-electron chi connectivity index (χ0n) is 11.1. The number of aromatic hydroxyl groups is 1. The molecule has 0 radical (unpaired) electrons. The molecule has 1 amide bonds. The minimum atomic E-state index is -0.255. The molecule has 5 heteroatoms. The van der Waals surface area contributed by atoms with Crippen LogP contribution >= 0.6 is 0 Å². The second kappa shape index (κ2) is 5.65. The van der Waals surface area contributed by atoms with Crippen LogP contribution in [0.2, 0.25) is 0 Å². The average Bonchev–Trinajstić information content (AvgIpc) is 2.67. The molecular weight excluding hydrogens is 242 g/mol. The Morgan fingerprint density at radius 1 is 1.37 bits per heavy atom. The first-order valence-corrected chi connectivity index (χ1v) is 6.36. The van der Waals surface area contributed by atoms with E-state index in [4.69, 9.17) is 0 Å². The summed E-state index contributed by atoms with van der Waals surface area (Å²) in [7, 11) is 1.75. The zero-order valence-corrected chi connectivity index (χ0v) is 11.1. The predicted molar refractivity (Wildman–Crippen MR) is 73.6 cm³/mol. The summed E-state index contributed by atoms with van der Waals surface area (Å²) in [6, 6.07) is 7.47. The van der Waals surface area contributed by atoms with Gasteiger partial charge in [0.05, 0.1) is 5.52 Å². The second-order valence-corrected chi connectivity index (χ2v) is 4.45. The Balaban J connectivity index is 2.33. The summed E-state index contributed by atoms with van der Waals surface area (Å²) in [6.45, 7) is 2.01. The molecule has 2 rings (SSSR count). The van der Waals surface area contributed by atoms with Gasteiger partial charge in [0.25, 0.3) is 5.91 Å². The Bertz CT molecular complexity index is 629. The third-order valence-electron chi connectivity index (χ3n) is 3.06. The highest BCUT2D eigenvalue weighted by Crippen LogP contribution is 2.37. The second-order valence-electron chi connectivity index (χ2n) is 4.45. The molecule has 0 atom stereocenters. The van der Waals surface area contributed by atoms with Crippen LogP contribution in [0.15, 0.2) is 34.5 Å². The Labute approximate surface area is 111 Å². The molecular formula is C14H17N3O2. The lowest BCUT2D eigenvalue weighted by Gasteiger charge is -1.95. The van der Waals surface area contributed by atoms with Gasteiger partial charge in [-0.15, -0.1) is 10.2 Å². The molecule has 1 N–H and O–H groups in total. The van der Waals surface area contributed by atoms with E-state index in [1.807, 2.05) is 31.2 Å². The van der Waals surface area contributed by atoms with Crippen molar-refractivity contribution in [3.05, 3.63) is 24.3 Å². The fourth-order valence-electron chi connectivity index (χ4n) is 1.94. The molecule has 0 unspecified atom stereocenters. The largest absolute Gasteiger partial charge is 0.493 e. The number of aryl methyl sites for hydroxylation is 1. The normalized spacial score (nSPS) is 11.5. The third kappa shape index (κ3) is 2.65. The number of aromatic nitrogens is 1. The van der Waals surface area contributed by atoms with Crippen LogP contribution in [0.25, 0.3) is 10.9 Å². The molecule has 0 aliphatic heterocycles. The molecule has 0 bridgehead atoms. The monoisotopic (exact) mass is 259 g/mol. The number of benzene rings is 1. The number of carbonyl (C=O) groups excluding carboxylic acids is 1. The molecule has 100 valence electrons. The van der Waals surface area contributed by atoms with E-state index in [-0.39, 0.29) is 11.8 Å². The molecule has 1 heterocycles. The van der Waals surface area contributed by atoms with Gasteiger partial charge in [-0.05, 0) is 12.5 Å². The van der Waals surface area contributed by atoms with Crippen LogP contribution in [0.5, 0.6) is 5.88 Å². The molecule has 5 nitrogen and oxygen atoms in total. The van der Waals surface area contributed by atoms with Crippen molar-refractivity contribution in [2.75, 3.05) is 0 Å². The number of carbonyl (C=O) groups is 1. The van der Waals surface area contributed by atoms with Gasteiger partial charge in [0.15, 0.2) is 5.69 Å². The van der Waals surface area contributed by atoms with Crippen molar-refractivity contribution >= 4 is 22.5 Å². The SMILES string of the molecule is CCCCC(=O)N=Nc1c(O)n(C)c2ccccc12. The molecule has 0 aliphatic rings. The van der Waals surface area contributed by atoms with Crippen molar-refractivity contribution in [2.45, 2.75) is 26.2 Å². The molecule has 2 aromatic rings. The molecule has 0 fully saturated rings. The van der Waals surface area contributed by atoms with Gasteiger partial charge in [-0.2, -0.15) is 0 Å². The summed E-state index contributed by atoms with van der Waals surface area (Å²) in [4.78, 5) is 11.5. The summed E-state index contributed by atoms with van der Waals surface area (Å²) < 4.78 is 1.63. The van der Waals surface area contributed by atoms with Crippen molar-refractivity contribution in [3.8, 4) is 5.88 Å². The number of amides is 1. The van der Waals surface area contributed by atoms with E-state index in [1.165, 1.54) is 0 Å². The van der Waals surface area contributed by atoms with Crippen LogP contribution in [0.4, 0.5) is 5.69 Å². The minimum absolute atomic E-state index is 0.0215. The smallest absolute Gasteiger partial charge is 0.264 e. The van der Waals surface area contributed by atoms with E-state index < -0.39 is 0 Å². The van der Waals surface area contributed by atoms with Crippen molar-refractivity contribution < 1.29 is 9.90 Å². The van der Waals surface area contributed by atoms with Crippen LogP contribution < -0.4 is 0 Å². The van der Waals surface area contributed by atoms with E-state index in [0.29, 0.717) is 12.1 Å². The number of unbranched alkanes of at least 4 members (excludes halogenated alkanes) is 1. The van der Waals surface area contributed by atoms with Crippen LogP contribution in [0, 0.1) is 0 Å². The maximum atomic E-state index is 11.5. The number of para-hydroxylation sites is 1. The van der Waals surface area contributed by atoms with Crippen molar-refractivity contribution in [1.29, 1.82) is 0 Å². The maximum Gasteiger partial charge on any atom is 0.264 e. The molecule has 1 aromatic heterocycles. The lowest BCUT2D eigenvalue weighted by molar-refractivity contribution is -0.118. The molecule has 0 spiro atoms. The Morgan fingerprint density at radius 2 is 2.11 bits per heavy atom. The van der Waals surface area contributed by atoms with E-state index in [0.717, 1.165) is 23.7 Å². The number of hydrogen-bond acceptors (Lipinski definition) is 3. The van der Waals surface area contributed by atoms with Crippen LogP contribution in [-0.2, 0) is 11.8 Å². The first-order chi connectivity index (χ1) is 9.15. The topological polar surface area (TPSA) is 66.9 Å². The molecule has 1 aromatic carbocycles. The first-order valence-electron chi connectivity index (χ1n) is 6.36. The van der Waals surface area contributed by atoms with Gasteiger partial charge in [-0.1, -0.05) is 31.5 Å². The lowest BCUT2D eigenvalue weighted by atomic mass is 10.2. The van der Waals surface area contributed by atoms with Crippen LogP contribution in [0.3, 0.4) is 0 Å². The minimum Gasteiger partial charge on any atom is -0.493 e. The van der Waals surface area contributed by atoms with Gasteiger partial charge < -0.3 is 9.67 Å². The summed E-state index contributed by atoms with van der Waals surface area (Å²) in [5.41, 5.74) is 1.21. The van der Waals surface area contributed by atoms with Crippen molar-refractivity contribution in [3.63, 3.8) is 0 Å². The highest BCUT2D eigenvalue weighted by Gasteiger charge is 2.13. The van der Waals surface area contributed by atoms with Crippen LogP contribution in [-0.4, -0.2) is 15.6 Å². The van der Waals surface area contributed by atoms with E-state index >= 15 is 0 Å². The maximum absolute atomic E-state index is 11.5. The first kappa shape index (κ1) is 13.3. The predicted octanol–water partition coefficient (Wildman–Crippen LogP) is 3.68. The van der Waals surface area contributed by atoms with Gasteiger partial charge >= 0.3 is 0 Å². The van der Waals surface area contributed by atoms with Gasteiger partial charge in [-0.3, -0.25) is 4.79 Å². The summed E-state index contributed by atoms with van der Waals surface area (Å²) in [5, 5.41) is 18.4. The fraction of sp³-hybridized carbons (Fsp3) is 0.357. The Hall–Kier alpha value is -2.17. The molecule has 19 heavy (non-hydrogen) atoms.